The summed E-state index contributed by atoms with van der Waals surface area (Å²) < 4.78 is 7.69. The Morgan fingerprint density at radius 2 is 2.07 bits per heavy atom. The Kier molecular flexibility index (Phi) is 9.93. The maximum Gasteiger partial charge on any atom is 0.193 e. The number of hydrogen-bond donors (Lipinski definition) is 1. The second kappa shape index (κ2) is 12.2. The van der Waals surface area contributed by atoms with Crippen molar-refractivity contribution in [1.29, 1.82) is 0 Å². The molecule has 6 nitrogen and oxygen atoms in total. The molecule has 0 radical (unpaired) electrons. The van der Waals surface area contributed by atoms with E-state index in [0.29, 0.717) is 0 Å². The molecule has 0 saturated heterocycles. The summed E-state index contributed by atoms with van der Waals surface area (Å²) in [4.78, 5) is 6.51. The van der Waals surface area contributed by atoms with Gasteiger partial charge in [0.1, 0.15) is 0 Å². The van der Waals surface area contributed by atoms with Crippen LogP contribution in [0.3, 0.4) is 0 Å². The highest BCUT2D eigenvalue weighted by molar-refractivity contribution is 14.0. The van der Waals surface area contributed by atoms with Gasteiger partial charge in [0.05, 0.1) is 18.0 Å². The Bertz CT molecular complexity index is 758. The number of aliphatic imine (C=N–C) groups is 1. The lowest BCUT2D eigenvalue weighted by molar-refractivity contribution is 0.115. The van der Waals surface area contributed by atoms with E-state index in [9.17, 15) is 0 Å². The second-order valence-corrected chi connectivity index (χ2v) is 7.54. The summed E-state index contributed by atoms with van der Waals surface area (Å²) in [5, 5.41) is 8.10. The summed E-state index contributed by atoms with van der Waals surface area (Å²) in [7, 11) is 3.89. The third-order valence-electron chi connectivity index (χ3n) is 5.12. The highest BCUT2D eigenvalue weighted by Crippen LogP contribution is 2.28. The molecule has 160 valence electrons. The molecule has 0 aliphatic heterocycles. The molecule has 1 saturated carbocycles. The van der Waals surface area contributed by atoms with Gasteiger partial charge in [0.2, 0.25) is 0 Å². The zero-order valence-corrected chi connectivity index (χ0v) is 20.1. The summed E-state index contributed by atoms with van der Waals surface area (Å²) in [5.41, 5.74) is 3.49. The van der Waals surface area contributed by atoms with Crippen LogP contribution < -0.4 is 5.32 Å². The SMILES string of the molecule is CN=C(NCCCc1cn(-c2ccccc2)nc1C)N(C)CCOCC1CC1.I. The Morgan fingerprint density at radius 3 is 2.76 bits per heavy atom. The molecule has 1 N–H and O–H groups in total. The summed E-state index contributed by atoms with van der Waals surface area (Å²) in [6.45, 7) is 5.49. The molecule has 0 unspecified atom stereocenters. The molecule has 0 spiro atoms. The standard InChI is InChI=1S/C22H33N5O.HI/c1-18-20(16-27(25-18)21-9-5-4-6-10-21)8-7-13-24-22(23-2)26(3)14-15-28-17-19-11-12-19;/h4-6,9-10,16,19H,7-8,11-15,17H2,1-3H3,(H,23,24);1H. The minimum atomic E-state index is 0. The van der Waals surface area contributed by atoms with E-state index in [4.69, 9.17) is 4.74 Å². The van der Waals surface area contributed by atoms with Crippen LogP contribution in [0.4, 0.5) is 0 Å². The molecule has 1 aromatic heterocycles. The van der Waals surface area contributed by atoms with Crippen molar-refractivity contribution in [3.05, 3.63) is 47.8 Å². The molecule has 7 heteroatoms. The monoisotopic (exact) mass is 511 g/mol. The third-order valence-corrected chi connectivity index (χ3v) is 5.12. The normalized spacial score (nSPS) is 13.8. The van der Waals surface area contributed by atoms with E-state index < -0.39 is 0 Å². The summed E-state index contributed by atoms with van der Waals surface area (Å²) in [6.07, 6.45) is 6.84. The number of nitrogens with zero attached hydrogens (tertiary/aromatic N) is 4. The van der Waals surface area contributed by atoms with Crippen LogP contribution in [0.2, 0.25) is 0 Å². The molecule has 2 aromatic rings. The van der Waals surface area contributed by atoms with Crippen molar-refractivity contribution in [2.24, 2.45) is 10.9 Å². The molecule has 0 atom stereocenters. The minimum Gasteiger partial charge on any atom is -0.379 e. The van der Waals surface area contributed by atoms with E-state index in [2.05, 4.69) is 52.6 Å². The Morgan fingerprint density at radius 1 is 1.31 bits per heavy atom. The number of benzene rings is 1. The number of para-hydroxylation sites is 1. The predicted molar refractivity (Wildman–Crippen MR) is 130 cm³/mol. The topological polar surface area (TPSA) is 54.7 Å². The van der Waals surface area contributed by atoms with Gasteiger partial charge in [-0.05, 0) is 56.2 Å². The van der Waals surface area contributed by atoms with Gasteiger partial charge >= 0.3 is 0 Å². The third kappa shape index (κ3) is 7.62. The molecule has 29 heavy (non-hydrogen) atoms. The number of guanidine groups is 1. The molecule has 3 rings (SSSR count). The van der Waals surface area contributed by atoms with Gasteiger partial charge in [0.15, 0.2) is 5.96 Å². The minimum absolute atomic E-state index is 0. The fourth-order valence-corrected chi connectivity index (χ4v) is 3.16. The van der Waals surface area contributed by atoms with Crippen molar-refractivity contribution in [2.75, 3.05) is 40.4 Å². The number of aryl methyl sites for hydroxylation is 2. The number of halogens is 1. The summed E-state index contributed by atoms with van der Waals surface area (Å²) in [6, 6.07) is 10.2. The van der Waals surface area contributed by atoms with E-state index in [1.54, 1.807) is 0 Å². The van der Waals surface area contributed by atoms with E-state index in [-0.39, 0.29) is 24.0 Å². The molecule has 0 amide bonds. The fourth-order valence-electron chi connectivity index (χ4n) is 3.16. The fraction of sp³-hybridized carbons (Fsp3) is 0.545. The Balaban J connectivity index is 0.00000300. The molecule has 0 bridgehead atoms. The van der Waals surface area contributed by atoms with Gasteiger partial charge in [-0.3, -0.25) is 4.99 Å². The van der Waals surface area contributed by atoms with E-state index in [1.807, 2.05) is 29.9 Å². The molecule has 1 aliphatic rings. The van der Waals surface area contributed by atoms with Gasteiger partial charge in [-0.1, -0.05) is 18.2 Å². The average Bonchev–Trinajstić information content (AvgIpc) is 3.47. The quantitative estimate of drug-likeness (QED) is 0.229. The molecule has 1 heterocycles. The number of nitrogens with one attached hydrogen (secondary N) is 1. The van der Waals surface area contributed by atoms with Crippen LogP contribution in [0.1, 0.15) is 30.5 Å². The number of hydrogen-bond acceptors (Lipinski definition) is 3. The van der Waals surface area contributed by atoms with Gasteiger partial charge < -0.3 is 15.0 Å². The first-order valence-electron chi connectivity index (χ1n) is 10.3. The molecule has 1 aliphatic carbocycles. The first kappa shape index (κ1) is 23.7. The summed E-state index contributed by atoms with van der Waals surface area (Å²) >= 11 is 0. The Hall–Kier alpha value is -1.61. The van der Waals surface area contributed by atoms with Crippen molar-refractivity contribution >= 4 is 29.9 Å². The lowest BCUT2D eigenvalue weighted by atomic mass is 10.1. The number of aromatic nitrogens is 2. The number of likely N-dealkylation sites (N-methyl/N-ethyl adjacent to an activating group) is 1. The van der Waals surface area contributed by atoms with Crippen LogP contribution in [0.5, 0.6) is 0 Å². The summed E-state index contributed by atoms with van der Waals surface area (Å²) in [5.74, 6) is 1.74. The molecular weight excluding hydrogens is 477 g/mol. The van der Waals surface area contributed by atoms with Crippen molar-refractivity contribution in [3.63, 3.8) is 0 Å². The van der Waals surface area contributed by atoms with E-state index in [1.165, 1.54) is 18.4 Å². The van der Waals surface area contributed by atoms with Crippen LogP contribution in [0, 0.1) is 12.8 Å². The van der Waals surface area contributed by atoms with Crippen molar-refractivity contribution < 1.29 is 4.74 Å². The van der Waals surface area contributed by atoms with Crippen LogP contribution in [-0.2, 0) is 11.2 Å². The average molecular weight is 511 g/mol. The lowest BCUT2D eigenvalue weighted by Crippen LogP contribution is -2.41. The second-order valence-electron chi connectivity index (χ2n) is 7.54. The largest absolute Gasteiger partial charge is 0.379 e. The maximum atomic E-state index is 5.72. The Labute approximate surface area is 191 Å². The van der Waals surface area contributed by atoms with Crippen LogP contribution in [0.15, 0.2) is 41.5 Å². The first-order chi connectivity index (χ1) is 13.7. The van der Waals surface area contributed by atoms with Crippen molar-refractivity contribution in [2.45, 2.75) is 32.6 Å². The molecule has 1 aromatic carbocycles. The smallest absolute Gasteiger partial charge is 0.193 e. The van der Waals surface area contributed by atoms with Gasteiger partial charge in [0.25, 0.3) is 0 Å². The van der Waals surface area contributed by atoms with E-state index in [0.717, 1.165) is 62.4 Å². The lowest BCUT2D eigenvalue weighted by Gasteiger charge is -2.22. The van der Waals surface area contributed by atoms with Crippen molar-refractivity contribution in [3.8, 4) is 5.69 Å². The maximum absolute atomic E-state index is 5.72. The number of ether oxygens (including phenoxy) is 1. The number of rotatable bonds is 10. The van der Waals surface area contributed by atoms with Gasteiger partial charge in [-0.25, -0.2) is 4.68 Å². The van der Waals surface area contributed by atoms with Crippen LogP contribution in [0.25, 0.3) is 5.69 Å². The highest BCUT2D eigenvalue weighted by atomic mass is 127. The first-order valence-corrected chi connectivity index (χ1v) is 10.3. The van der Waals surface area contributed by atoms with Gasteiger partial charge in [0, 0.05) is 40.0 Å². The van der Waals surface area contributed by atoms with Crippen LogP contribution in [-0.4, -0.2) is 61.0 Å². The van der Waals surface area contributed by atoms with Crippen molar-refractivity contribution in [1.82, 2.24) is 20.0 Å². The van der Waals surface area contributed by atoms with E-state index >= 15 is 0 Å². The molecule has 1 fully saturated rings. The molecular formula is C22H34IN5O. The predicted octanol–water partition coefficient (Wildman–Crippen LogP) is 3.67. The zero-order chi connectivity index (χ0) is 19.8. The van der Waals surface area contributed by atoms with Gasteiger partial charge in [-0.15, -0.1) is 24.0 Å². The van der Waals surface area contributed by atoms with Gasteiger partial charge in [-0.2, -0.15) is 5.10 Å². The zero-order valence-electron chi connectivity index (χ0n) is 17.8. The highest BCUT2D eigenvalue weighted by Gasteiger charge is 2.21. The van der Waals surface area contributed by atoms with Crippen LogP contribution >= 0.6 is 24.0 Å².